The summed E-state index contributed by atoms with van der Waals surface area (Å²) < 4.78 is 21.9. The van der Waals surface area contributed by atoms with Crippen molar-refractivity contribution >= 4 is 33.8 Å². The van der Waals surface area contributed by atoms with Gasteiger partial charge in [-0.15, -0.1) is 0 Å². The molecule has 9 nitrogen and oxygen atoms in total. The van der Waals surface area contributed by atoms with Crippen LogP contribution in [-0.2, 0) is 8.85 Å². The Labute approximate surface area is 194 Å². The number of nitrogens with zero attached hydrogens (tertiary/aromatic N) is 3. The van der Waals surface area contributed by atoms with Crippen molar-refractivity contribution in [3.05, 3.63) is 6.55 Å². The predicted octanol–water partition coefficient (Wildman–Crippen LogP) is 2.69. The van der Waals surface area contributed by atoms with Crippen LogP contribution in [-0.4, -0.2) is 58.7 Å². The van der Waals surface area contributed by atoms with Crippen LogP contribution < -0.4 is 13.9 Å². The van der Waals surface area contributed by atoms with E-state index in [2.05, 4.69) is 53.2 Å². The van der Waals surface area contributed by atoms with Crippen molar-refractivity contribution in [3.63, 3.8) is 0 Å². The summed E-state index contributed by atoms with van der Waals surface area (Å²) in [4.78, 5) is 0. The van der Waals surface area contributed by atoms with Crippen LogP contribution in [0.2, 0.25) is 45.8 Å². The fraction of sp³-hybridized carbons (Fsp3) is 0.778. The van der Waals surface area contributed by atoms with Crippen molar-refractivity contribution in [1.82, 2.24) is 13.9 Å². The van der Waals surface area contributed by atoms with Gasteiger partial charge in [0.05, 0.1) is 44.1 Å². The van der Waals surface area contributed by atoms with Crippen LogP contribution in [0.1, 0.15) is 26.7 Å². The molecule has 0 unspecified atom stereocenters. The molecule has 0 aromatic rings. The van der Waals surface area contributed by atoms with E-state index in [1.54, 1.807) is 6.07 Å². The van der Waals surface area contributed by atoms with Gasteiger partial charge in [-0.25, -0.2) is 0 Å². The standard InChI is InChI=1S/C8H14N2O2Si.C6H20N3Si3.C3H5NO.CH4/c1-13(2,11-7-3-5-9)12-8-4-6-10;1-10(2)7-11(3,4)9-12(5,6)8-10;4-2-1-3-5;/h3-4,7-8H2,1-2H3;7-9H,1H2,2-6H3;5H,1,3H2;1H4/q;+1;;. The second-order valence-electron chi connectivity index (χ2n) is 8.50. The van der Waals surface area contributed by atoms with Gasteiger partial charge in [-0.05, 0) is 39.3 Å². The van der Waals surface area contributed by atoms with Crippen LogP contribution in [0.15, 0.2) is 0 Å². The van der Waals surface area contributed by atoms with E-state index in [0.29, 0.717) is 26.1 Å². The largest absolute Gasteiger partial charge is 0.409 e. The van der Waals surface area contributed by atoms with Crippen molar-refractivity contribution in [2.45, 2.75) is 72.5 Å². The fourth-order valence-corrected chi connectivity index (χ4v) is 24.0. The number of hydrogen-bond donors (Lipinski definition) is 4. The first-order valence-electron chi connectivity index (χ1n) is 9.89. The highest BCUT2D eigenvalue weighted by molar-refractivity contribution is 7.05. The minimum Gasteiger partial charge on any atom is -0.395 e. The average molecular weight is 504 g/mol. The van der Waals surface area contributed by atoms with Crippen LogP contribution in [0, 0.1) is 40.5 Å². The summed E-state index contributed by atoms with van der Waals surface area (Å²) in [6.45, 7) is 20.4. The maximum absolute atomic E-state index is 8.28. The lowest BCUT2D eigenvalue weighted by Crippen LogP contribution is -2.88. The lowest BCUT2D eigenvalue weighted by Gasteiger charge is -2.44. The molecule has 1 rings (SSSR count). The minimum absolute atomic E-state index is 0. The van der Waals surface area contributed by atoms with Gasteiger partial charge in [-0.2, -0.15) is 15.8 Å². The highest BCUT2D eigenvalue weighted by Crippen LogP contribution is 2.11. The molecule has 0 atom stereocenters. The summed E-state index contributed by atoms with van der Waals surface area (Å²) >= 11 is 0. The van der Waals surface area contributed by atoms with Gasteiger partial charge in [0.2, 0.25) is 0 Å². The second kappa shape index (κ2) is 16.6. The summed E-state index contributed by atoms with van der Waals surface area (Å²) in [6, 6.07) is 5.76. The second-order valence-corrected chi connectivity index (χ2v) is 24.0. The van der Waals surface area contributed by atoms with Crippen molar-refractivity contribution in [2.75, 3.05) is 19.8 Å². The highest BCUT2D eigenvalue weighted by atomic mass is 28.5. The molecular formula is C18H43N6O3Si4+. The van der Waals surface area contributed by atoms with E-state index in [1.165, 1.54) is 0 Å². The molecule has 0 radical (unpaired) electrons. The molecule has 0 saturated carbocycles. The molecular weight excluding hydrogens is 461 g/mol. The molecule has 1 saturated heterocycles. The summed E-state index contributed by atoms with van der Waals surface area (Å²) in [6.07, 6.45) is 1.02. The van der Waals surface area contributed by atoms with Gasteiger partial charge in [0.15, 0.2) is 16.8 Å². The first-order chi connectivity index (χ1) is 13.7. The molecule has 178 valence electrons. The summed E-state index contributed by atoms with van der Waals surface area (Å²) in [5.74, 6) is 0. The van der Waals surface area contributed by atoms with Gasteiger partial charge in [0.1, 0.15) is 0 Å². The first-order valence-corrected chi connectivity index (χ1v) is 21.4. The lowest BCUT2D eigenvalue weighted by atomic mass is 10.5. The van der Waals surface area contributed by atoms with Gasteiger partial charge < -0.3 is 18.6 Å². The number of aliphatic hydroxyl groups is 1. The number of rotatable bonds is 7. The zero-order valence-electron chi connectivity index (χ0n) is 19.6. The maximum Gasteiger partial charge on any atom is 0.409 e. The van der Waals surface area contributed by atoms with E-state index < -0.39 is 33.8 Å². The molecule has 1 aliphatic heterocycles. The quantitative estimate of drug-likeness (QED) is 0.234. The van der Waals surface area contributed by atoms with Crippen molar-refractivity contribution in [2.24, 2.45) is 0 Å². The molecule has 4 N–H and O–H groups in total. The lowest BCUT2D eigenvalue weighted by molar-refractivity contribution is 0.186. The van der Waals surface area contributed by atoms with E-state index in [1.807, 2.05) is 25.2 Å². The molecule has 1 fully saturated rings. The maximum atomic E-state index is 8.28. The zero-order valence-corrected chi connectivity index (χ0v) is 23.6. The van der Waals surface area contributed by atoms with Crippen molar-refractivity contribution in [1.29, 1.82) is 15.8 Å². The fourth-order valence-electron chi connectivity index (χ4n) is 3.03. The molecule has 1 aliphatic rings. The number of hydrogen-bond acceptors (Lipinski definition) is 9. The Kier molecular flexibility index (Phi) is 18.5. The SMILES string of the molecule is C.C[Si](C)(OCCC#N)OCCC#N.N#CCCO.[CH2+][Si]1(C)N[Si](C)(C)N[Si](C)(C)N1. The molecule has 0 spiro atoms. The summed E-state index contributed by atoms with van der Waals surface area (Å²) in [7, 11) is -6.36. The van der Waals surface area contributed by atoms with E-state index in [9.17, 15) is 0 Å². The molecule has 31 heavy (non-hydrogen) atoms. The summed E-state index contributed by atoms with van der Waals surface area (Å²) in [5.41, 5.74) is 0. The van der Waals surface area contributed by atoms with Gasteiger partial charge >= 0.3 is 17.0 Å². The van der Waals surface area contributed by atoms with E-state index in [0.717, 1.165) is 0 Å². The van der Waals surface area contributed by atoms with E-state index in [-0.39, 0.29) is 20.5 Å². The van der Waals surface area contributed by atoms with Crippen LogP contribution >= 0.6 is 0 Å². The summed E-state index contributed by atoms with van der Waals surface area (Å²) in [5, 5.41) is 32.1. The molecule has 13 heteroatoms. The van der Waals surface area contributed by atoms with E-state index in [4.69, 9.17) is 29.7 Å². The van der Waals surface area contributed by atoms with Gasteiger partial charge in [-0.3, -0.25) is 9.30 Å². The highest BCUT2D eigenvalue weighted by Gasteiger charge is 2.50. The molecule has 0 aromatic heterocycles. The Morgan fingerprint density at radius 2 is 1.16 bits per heavy atom. The Morgan fingerprint density at radius 1 is 0.806 bits per heavy atom. The minimum atomic E-state index is -2.08. The van der Waals surface area contributed by atoms with Crippen LogP contribution in [0.3, 0.4) is 0 Å². The molecule has 0 aliphatic carbocycles. The third-order valence-corrected chi connectivity index (χ3v) is 19.6. The van der Waals surface area contributed by atoms with Crippen molar-refractivity contribution < 1.29 is 14.0 Å². The monoisotopic (exact) mass is 503 g/mol. The van der Waals surface area contributed by atoms with E-state index >= 15 is 0 Å². The van der Waals surface area contributed by atoms with Crippen LogP contribution in [0.4, 0.5) is 0 Å². The Balaban J connectivity index is -0.000000407. The topological polar surface area (TPSA) is 146 Å². The molecule has 1 heterocycles. The zero-order chi connectivity index (χ0) is 23.9. The van der Waals surface area contributed by atoms with Gasteiger partial charge in [0, 0.05) is 26.3 Å². The molecule has 0 amide bonds. The third-order valence-electron chi connectivity index (χ3n) is 3.35. The molecule has 0 aromatic carbocycles. The number of aliphatic hydroxyl groups excluding tert-OH is 1. The smallest absolute Gasteiger partial charge is 0.395 e. The van der Waals surface area contributed by atoms with Crippen LogP contribution in [0.5, 0.6) is 0 Å². The number of nitriles is 3. The Hall–Kier alpha value is -1.03. The van der Waals surface area contributed by atoms with Gasteiger partial charge in [0.25, 0.3) is 0 Å². The normalized spacial score (nSPS) is 17.6. The first kappa shape index (κ1) is 34.6. The Morgan fingerprint density at radius 3 is 1.39 bits per heavy atom. The van der Waals surface area contributed by atoms with Crippen molar-refractivity contribution in [3.8, 4) is 18.2 Å². The van der Waals surface area contributed by atoms with Crippen LogP contribution in [0.25, 0.3) is 0 Å². The average Bonchev–Trinajstić information content (AvgIpc) is 2.52. The molecule has 0 bridgehead atoms. The Bertz CT molecular complexity index is 546. The van der Waals surface area contributed by atoms with Gasteiger partial charge in [-0.1, -0.05) is 7.43 Å². The predicted molar refractivity (Wildman–Crippen MR) is 135 cm³/mol. The number of nitrogens with one attached hydrogen (secondary N) is 3. The third kappa shape index (κ3) is 22.0.